The van der Waals surface area contributed by atoms with E-state index < -0.39 is 31.2 Å². The number of aromatic amines is 1. The van der Waals surface area contributed by atoms with Gasteiger partial charge in [-0.05, 0) is 6.92 Å². The number of hydrogen-bond donors (Lipinski definition) is 6. The van der Waals surface area contributed by atoms with Crippen LogP contribution < -0.4 is 5.73 Å². The number of hydrogen-bond acceptors (Lipinski definition) is 9. The first kappa shape index (κ1) is 15.5. The van der Waals surface area contributed by atoms with Crippen LogP contribution in [0.15, 0.2) is 6.33 Å². The molecule has 3 heterocycles. The quantitative estimate of drug-likeness (QED) is 0.337. The lowest BCUT2D eigenvalue weighted by atomic mass is 10.1. The van der Waals surface area contributed by atoms with E-state index in [0.29, 0.717) is 22.8 Å². The van der Waals surface area contributed by atoms with Crippen molar-refractivity contribution in [1.29, 1.82) is 0 Å². The predicted octanol–water partition coefficient (Wildman–Crippen LogP) is -2.34. The summed E-state index contributed by atoms with van der Waals surface area (Å²) in [5.74, 6) is 1.09. The molecule has 1 unspecified atom stereocenters. The van der Waals surface area contributed by atoms with Crippen LogP contribution in [0.3, 0.4) is 0 Å². The molecule has 0 bridgehead atoms. The number of H-pyrrole nitrogens is 1. The van der Waals surface area contributed by atoms with Crippen molar-refractivity contribution in [2.45, 2.75) is 31.5 Å². The molecule has 0 aromatic carbocycles. The molecule has 0 radical (unpaired) electrons. The minimum atomic E-state index is -1.38. The van der Waals surface area contributed by atoms with Gasteiger partial charge in [-0.1, -0.05) is 0 Å². The summed E-state index contributed by atoms with van der Waals surface area (Å²) in [6.45, 7) is 1.37. The van der Waals surface area contributed by atoms with Gasteiger partial charge in [0.05, 0.1) is 12.9 Å². The van der Waals surface area contributed by atoms with Crippen LogP contribution in [-0.2, 0) is 4.74 Å². The van der Waals surface area contributed by atoms with E-state index in [0.717, 1.165) is 0 Å². The number of rotatable bonds is 1. The Morgan fingerprint density at radius 3 is 2.52 bits per heavy atom. The van der Waals surface area contributed by atoms with Gasteiger partial charge >= 0.3 is 0 Å². The van der Waals surface area contributed by atoms with Gasteiger partial charge in [0.25, 0.3) is 0 Å². The Balaban J connectivity index is 0.000000155. The number of nitrogens with two attached hydrogens (primary N) is 1. The summed E-state index contributed by atoms with van der Waals surface area (Å²) < 4.78 is 4.54. The second-order valence-corrected chi connectivity index (χ2v) is 4.49. The number of nitrogens with zero attached hydrogens (tertiary/aromatic N) is 3. The number of nitrogens with one attached hydrogen (secondary N) is 1. The van der Waals surface area contributed by atoms with Crippen molar-refractivity contribution in [2.24, 2.45) is 0 Å². The smallest absolute Gasteiger partial charge is 0.184 e. The SMILES string of the molecule is Cc1nc(N)c2[nH]cnc2n1.OC[C@H]1OC(O)[C@@H](O)[C@@H]1O. The van der Waals surface area contributed by atoms with Crippen LogP contribution in [0.1, 0.15) is 5.82 Å². The van der Waals surface area contributed by atoms with E-state index in [-0.39, 0.29) is 0 Å². The number of aromatic nitrogens is 4. The first-order chi connectivity index (χ1) is 9.93. The molecule has 4 atom stereocenters. The van der Waals surface area contributed by atoms with E-state index >= 15 is 0 Å². The van der Waals surface area contributed by atoms with Crippen molar-refractivity contribution in [3.63, 3.8) is 0 Å². The molecule has 0 saturated carbocycles. The zero-order valence-electron chi connectivity index (χ0n) is 11.2. The molecule has 21 heavy (non-hydrogen) atoms. The molecule has 10 nitrogen and oxygen atoms in total. The molecular formula is C11H17N5O5. The Morgan fingerprint density at radius 1 is 1.29 bits per heavy atom. The molecule has 0 spiro atoms. The van der Waals surface area contributed by atoms with Crippen molar-refractivity contribution in [3.8, 4) is 0 Å². The van der Waals surface area contributed by atoms with Gasteiger partial charge < -0.3 is 35.9 Å². The maximum atomic E-state index is 8.93. The Labute approximate surface area is 119 Å². The average Bonchev–Trinajstić information content (AvgIpc) is 3.00. The number of aryl methyl sites for hydroxylation is 1. The molecule has 7 N–H and O–H groups in total. The highest BCUT2D eigenvalue weighted by atomic mass is 16.6. The molecule has 10 heteroatoms. The molecular weight excluding hydrogens is 282 g/mol. The highest BCUT2D eigenvalue weighted by Crippen LogP contribution is 2.18. The molecule has 1 aliphatic rings. The van der Waals surface area contributed by atoms with Crippen LogP contribution in [0.2, 0.25) is 0 Å². The summed E-state index contributed by atoms with van der Waals surface area (Å²) in [6.07, 6.45) is -3.20. The van der Waals surface area contributed by atoms with E-state index in [4.69, 9.17) is 26.2 Å². The Hall–Kier alpha value is -1.85. The zero-order valence-corrected chi connectivity index (χ0v) is 11.2. The lowest BCUT2D eigenvalue weighted by molar-refractivity contribution is -0.132. The van der Waals surface area contributed by atoms with Crippen molar-refractivity contribution < 1.29 is 25.2 Å². The lowest BCUT2D eigenvalue weighted by Gasteiger charge is -2.09. The van der Waals surface area contributed by atoms with E-state index in [1.807, 2.05) is 0 Å². The average molecular weight is 299 g/mol. The Morgan fingerprint density at radius 2 is 2.00 bits per heavy atom. The van der Waals surface area contributed by atoms with Gasteiger partial charge in [-0.25, -0.2) is 15.0 Å². The van der Waals surface area contributed by atoms with E-state index in [1.54, 1.807) is 13.3 Å². The summed E-state index contributed by atoms with van der Waals surface area (Å²) in [5.41, 5.74) is 6.90. The third-order valence-corrected chi connectivity index (χ3v) is 2.94. The summed E-state index contributed by atoms with van der Waals surface area (Å²) in [6, 6.07) is 0. The van der Waals surface area contributed by atoms with Gasteiger partial charge in [-0.3, -0.25) is 0 Å². The number of aliphatic hydroxyl groups excluding tert-OH is 4. The first-order valence-corrected chi connectivity index (χ1v) is 6.17. The largest absolute Gasteiger partial charge is 0.394 e. The molecule has 3 rings (SSSR count). The van der Waals surface area contributed by atoms with Crippen molar-refractivity contribution in [3.05, 3.63) is 12.2 Å². The molecule has 0 amide bonds. The fourth-order valence-corrected chi connectivity index (χ4v) is 1.85. The van der Waals surface area contributed by atoms with Crippen LogP contribution >= 0.6 is 0 Å². The standard InChI is InChI=1S/C6H7N5.C5H10O5/c1-3-10-5(7)4-6(11-3)9-2-8-4;6-1-2-3(7)4(8)5(9)10-2/h2H,1H3,(H3,7,8,9,10,11);2-9H,1H2/t;2-,3-,4+,5?/m.1/s1. The molecule has 2 aromatic rings. The highest BCUT2D eigenvalue weighted by Gasteiger charge is 2.41. The molecule has 1 aliphatic heterocycles. The third kappa shape index (κ3) is 3.25. The number of imidazole rings is 1. The second kappa shape index (κ2) is 6.28. The van der Waals surface area contributed by atoms with E-state index in [2.05, 4.69) is 24.7 Å². The summed E-state index contributed by atoms with van der Waals surface area (Å²) in [5, 5.41) is 35.0. The topological polar surface area (TPSA) is 171 Å². The van der Waals surface area contributed by atoms with Crippen LogP contribution in [0.5, 0.6) is 0 Å². The molecule has 1 fully saturated rings. The molecule has 116 valence electrons. The Kier molecular flexibility index (Phi) is 4.65. The van der Waals surface area contributed by atoms with Crippen molar-refractivity contribution >= 4 is 17.0 Å². The summed E-state index contributed by atoms with van der Waals surface area (Å²) >= 11 is 0. The van der Waals surface area contributed by atoms with E-state index in [9.17, 15) is 0 Å². The van der Waals surface area contributed by atoms with Crippen molar-refractivity contribution in [2.75, 3.05) is 12.3 Å². The molecule has 0 aliphatic carbocycles. The minimum Gasteiger partial charge on any atom is -0.394 e. The van der Waals surface area contributed by atoms with Crippen LogP contribution in [0, 0.1) is 6.92 Å². The zero-order chi connectivity index (χ0) is 15.6. The van der Waals surface area contributed by atoms with Gasteiger partial charge in [-0.2, -0.15) is 0 Å². The number of ether oxygens (including phenoxy) is 1. The summed E-state index contributed by atoms with van der Waals surface area (Å²) in [4.78, 5) is 14.8. The predicted molar refractivity (Wildman–Crippen MR) is 70.8 cm³/mol. The van der Waals surface area contributed by atoms with E-state index in [1.165, 1.54) is 0 Å². The fourth-order valence-electron chi connectivity index (χ4n) is 1.85. The highest BCUT2D eigenvalue weighted by molar-refractivity contribution is 5.80. The maximum Gasteiger partial charge on any atom is 0.184 e. The first-order valence-electron chi connectivity index (χ1n) is 6.17. The van der Waals surface area contributed by atoms with Crippen LogP contribution in [0.4, 0.5) is 5.82 Å². The fraction of sp³-hybridized carbons (Fsp3) is 0.545. The number of aliphatic hydroxyl groups is 4. The Bertz CT molecular complexity index is 606. The van der Waals surface area contributed by atoms with Gasteiger partial charge in [0, 0.05) is 0 Å². The maximum absolute atomic E-state index is 8.93. The number of nitrogen functional groups attached to an aromatic ring is 1. The minimum absolute atomic E-state index is 0.407. The van der Waals surface area contributed by atoms with Gasteiger partial charge in [0.2, 0.25) is 0 Å². The summed E-state index contributed by atoms with van der Waals surface area (Å²) in [7, 11) is 0. The van der Waals surface area contributed by atoms with Gasteiger partial charge in [0.15, 0.2) is 17.8 Å². The second-order valence-electron chi connectivity index (χ2n) is 4.49. The normalized spacial score (nSPS) is 28.4. The van der Waals surface area contributed by atoms with Gasteiger partial charge in [0.1, 0.15) is 29.7 Å². The van der Waals surface area contributed by atoms with Crippen LogP contribution in [-0.4, -0.2) is 71.6 Å². The third-order valence-electron chi connectivity index (χ3n) is 2.94. The molecule has 2 aromatic heterocycles. The van der Waals surface area contributed by atoms with Gasteiger partial charge in [-0.15, -0.1) is 0 Å². The number of fused-ring (bicyclic) bond motifs is 1. The monoisotopic (exact) mass is 299 g/mol. The lowest BCUT2D eigenvalue weighted by Crippen LogP contribution is -2.33. The van der Waals surface area contributed by atoms with Crippen LogP contribution in [0.25, 0.3) is 11.2 Å². The molecule has 1 saturated heterocycles. The number of anilines is 1. The van der Waals surface area contributed by atoms with Crippen molar-refractivity contribution in [1.82, 2.24) is 19.9 Å².